The molecule has 0 bridgehead atoms. The summed E-state index contributed by atoms with van der Waals surface area (Å²) >= 11 is 0. The largest absolute Gasteiger partial charge is 0.387 e. The van der Waals surface area contributed by atoms with Gasteiger partial charge < -0.3 is 9.84 Å². The summed E-state index contributed by atoms with van der Waals surface area (Å²) in [5, 5.41) is 10.3. The van der Waals surface area contributed by atoms with Gasteiger partial charge >= 0.3 is 0 Å². The van der Waals surface area contributed by atoms with Crippen LogP contribution < -0.4 is 0 Å². The minimum absolute atomic E-state index is 0.0214. The number of hydrogen-bond donors (Lipinski definition) is 1. The predicted molar refractivity (Wildman–Crippen MR) is 53.7 cm³/mol. The van der Waals surface area contributed by atoms with Gasteiger partial charge in [-0.1, -0.05) is 26.7 Å². The van der Waals surface area contributed by atoms with E-state index in [-0.39, 0.29) is 6.10 Å². The summed E-state index contributed by atoms with van der Waals surface area (Å²) in [6.07, 6.45) is 4.05. The summed E-state index contributed by atoms with van der Waals surface area (Å²) in [6, 6.07) is 0. The van der Waals surface area contributed by atoms with E-state index in [2.05, 4.69) is 13.8 Å². The molecule has 1 N–H and O–H groups in total. The predicted octanol–water partition coefficient (Wildman–Crippen LogP) is 2.35. The van der Waals surface area contributed by atoms with Gasteiger partial charge in [-0.3, -0.25) is 0 Å². The molecule has 0 aliphatic carbocycles. The lowest BCUT2D eigenvalue weighted by Gasteiger charge is -2.29. The van der Waals surface area contributed by atoms with Crippen molar-refractivity contribution in [2.24, 2.45) is 5.92 Å². The maximum absolute atomic E-state index is 10.3. The second-order valence-corrected chi connectivity index (χ2v) is 4.25. The fourth-order valence-corrected chi connectivity index (χ4v) is 2.12. The van der Waals surface area contributed by atoms with Crippen molar-refractivity contribution >= 4 is 0 Å². The molecule has 2 unspecified atom stereocenters. The Balaban J connectivity index is 2.49. The van der Waals surface area contributed by atoms with Crippen LogP contribution in [0.3, 0.4) is 0 Å². The molecule has 1 rings (SSSR count). The molecule has 1 saturated heterocycles. The van der Waals surface area contributed by atoms with Gasteiger partial charge in [-0.25, -0.2) is 0 Å². The summed E-state index contributed by atoms with van der Waals surface area (Å²) < 4.78 is 5.41. The lowest BCUT2D eigenvalue weighted by molar-refractivity contribution is -0.0439. The number of ether oxygens (including phenoxy) is 1. The molecule has 0 aromatic carbocycles. The molecule has 1 aliphatic rings. The number of aliphatic hydroxyl groups is 1. The van der Waals surface area contributed by atoms with E-state index < -0.39 is 5.60 Å². The van der Waals surface area contributed by atoms with Crippen LogP contribution in [0.5, 0.6) is 0 Å². The molecule has 1 fully saturated rings. The van der Waals surface area contributed by atoms with Crippen molar-refractivity contribution in [3.63, 3.8) is 0 Å². The highest BCUT2D eigenvalue weighted by Crippen LogP contribution is 2.33. The van der Waals surface area contributed by atoms with Crippen molar-refractivity contribution in [2.75, 3.05) is 6.61 Å². The van der Waals surface area contributed by atoms with Gasteiger partial charge in [-0.15, -0.1) is 0 Å². The van der Waals surface area contributed by atoms with Gasteiger partial charge in [0.2, 0.25) is 0 Å². The Morgan fingerprint density at radius 2 is 2.08 bits per heavy atom. The fourth-order valence-electron chi connectivity index (χ4n) is 2.12. The van der Waals surface area contributed by atoms with Gasteiger partial charge in [-0.05, 0) is 19.3 Å². The van der Waals surface area contributed by atoms with Gasteiger partial charge in [0.1, 0.15) is 0 Å². The van der Waals surface area contributed by atoms with E-state index in [0.29, 0.717) is 5.92 Å². The van der Waals surface area contributed by atoms with Crippen molar-refractivity contribution in [1.29, 1.82) is 0 Å². The van der Waals surface area contributed by atoms with E-state index >= 15 is 0 Å². The molecular formula is C11H22O2. The molecule has 78 valence electrons. The third-order valence-electron chi connectivity index (χ3n) is 3.46. The van der Waals surface area contributed by atoms with E-state index in [1.165, 1.54) is 0 Å². The van der Waals surface area contributed by atoms with E-state index in [1.54, 1.807) is 0 Å². The smallest absolute Gasteiger partial charge is 0.0930 e. The third kappa shape index (κ3) is 2.44. The second kappa shape index (κ2) is 4.43. The zero-order chi connectivity index (χ0) is 9.90. The number of hydrogen-bond acceptors (Lipinski definition) is 2. The monoisotopic (exact) mass is 186 g/mol. The Hall–Kier alpha value is -0.0800. The van der Waals surface area contributed by atoms with Crippen molar-refractivity contribution < 1.29 is 9.84 Å². The maximum Gasteiger partial charge on any atom is 0.0930 e. The first-order valence-corrected chi connectivity index (χ1v) is 5.46. The summed E-state index contributed by atoms with van der Waals surface area (Å²) in [5.41, 5.74) is -0.545. The molecule has 0 amide bonds. The molecule has 2 atom stereocenters. The SMILES string of the molecule is CCC(CC)CC1(O)CCOC1C. The standard InChI is InChI=1S/C11H22O2/c1-4-10(5-2)8-11(12)6-7-13-9(11)3/h9-10,12H,4-8H2,1-3H3. The Bertz CT molecular complexity index is 154. The summed E-state index contributed by atoms with van der Waals surface area (Å²) in [7, 11) is 0. The third-order valence-corrected chi connectivity index (χ3v) is 3.46. The topological polar surface area (TPSA) is 29.5 Å². The lowest BCUT2D eigenvalue weighted by atomic mass is 9.83. The molecule has 0 aromatic rings. The Labute approximate surface area is 81.3 Å². The van der Waals surface area contributed by atoms with Crippen LogP contribution in [-0.2, 0) is 4.74 Å². The van der Waals surface area contributed by atoms with E-state index in [1.807, 2.05) is 6.92 Å². The van der Waals surface area contributed by atoms with Gasteiger partial charge in [0, 0.05) is 13.0 Å². The Morgan fingerprint density at radius 1 is 1.46 bits per heavy atom. The zero-order valence-electron chi connectivity index (χ0n) is 9.05. The Morgan fingerprint density at radius 3 is 2.46 bits per heavy atom. The minimum atomic E-state index is -0.545. The summed E-state index contributed by atoms with van der Waals surface area (Å²) in [6.45, 7) is 7.09. The minimum Gasteiger partial charge on any atom is -0.387 e. The molecule has 0 saturated carbocycles. The lowest BCUT2D eigenvalue weighted by Crippen LogP contribution is -2.38. The van der Waals surface area contributed by atoms with Crippen LogP contribution in [0.2, 0.25) is 0 Å². The zero-order valence-corrected chi connectivity index (χ0v) is 9.05. The molecule has 2 heteroatoms. The van der Waals surface area contributed by atoms with Crippen LogP contribution in [0.4, 0.5) is 0 Å². The molecule has 13 heavy (non-hydrogen) atoms. The first kappa shape index (κ1) is 11.0. The highest BCUT2D eigenvalue weighted by Gasteiger charge is 2.40. The van der Waals surface area contributed by atoms with Gasteiger partial charge in [0.05, 0.1) is 11.7 Å². The van der Waals surface area contributed by atoms with Gasteiger partial charge in [0.15, 0.2) is 0 Å². The normalized spacial score (nSPS) is 34.4. The summed E-state index contributed by atoms with van der Waals surface area (Å²) in [5.74, 6) is 0.647. The molecule has 1 aliphatic heterocycles. The summed E-state index contributed by atoms with van der Waals surface area (Å²) in [4.78, 5) is 0. The molecule has 0 spiro atoms. The van der Waals surface area contributed by atoms with Crippen molar-refractivity contribution in [3.05, 3.63) is 0 Å². The maximum atomic E-state index is 10.3. The number of rotatable bonds is 4. The average molecular weight is 186 g/mol. The molecule has 0 aromatic heterocycles. The van der Waals surface area contributed by atoms with Crippen LogP contribution >= 0.6 is 0 Å². The van der Waals surface area contributed by atoms with Crippen LogP contribution in [-0.4, -0.2) is 23.4 Å². The van der Waals surface area contributed by atoms with Crippen molar-refractivity contribution in [3.8, 4) is 0 Å². The average Bonchev–Trinajstić information content (AvgIpc) is 2.44. The van der Waals surface area contributed by atoms with Crippen LogP contribution in [0, 0.1) is 5.92 Å². The van der Waals surface area contributed by atoms with E-state index in [0.717, 1.165) is 32.3 Å². The van der Waals surface area contributed by atoms with E-state index in [9.17, 15) is 5.11 Å². The van der Waals surface area contributed by atoms with E-state index in [4.69, 9.17) is 4.74 Å². The molecule has 0 radical (unpaired) electrons. The van der Waals surface area contributed by atoms with Crippen LogP contribution in [0.15, 0.2) is 0 Å². The van der Waals surface area contributed by atoms with Crippen molar-refractivity contribution in [2.45, 2.75) is 58.2 Å². The highest BCUT2D eigenvalue weighted by molar-refractivity contribution is 4.90. The van der Waals surface area contributed by atoms with Crippen LogP contribution in [0.25, 0.3) is 0 Å². The molecule has 1 heterocycles. The first-order chi connectivity index (χ1) is 6.12. The first-order valence-electron chi connectivity index (χ1n) is 5.46. The fraction of sp³-hybridized carbons (Fsp3) is 1.00. The second-order valence-electron chi connectivity index (χ2n) is 4.25. The molecule has 2 nitrogen and oxygen atoms in total. The Kier molecular flexibility index (Phi) is 3.74. The van der Waals surface area contributed by atoms with Gasteiger partial charge in [-0.2, -0.15) is 0 Å². The van der Waals surface area contributed by atoms with Crippen LogP contribution in [0.1, 0.15) is 46.5 Å². The highest BCUT2D eigenvalue weighted by atomic mass is 16.5. The van der Waals surface area contributed by atoms with Gasteiger partial charge in [0.25, 0.3) is 0 Å². The quantitative estimate of drug-likeness (QED) is 0.730. The van der Waals surface area contributed by atoms with Crippen molar-refractivity contribution in [1.82, 2.24) is 0 Å². The molecular weight excluding hydrogens is 164 g/mol.